The van der Waals surface area contributed by atoms with Crippen molar-refractivity contribution in [1.29, 1.82) is 0 Å². The number of benzene rings is 4. The molecule has 0 atom stereocenters. The Morgan fingerprint density at radius 2 is 1.26 bits per heavy atom. The van der Waals surface area contributed by atoms with Gasteiger partial charge >= 0.3 is 0 Å². The Hall–Kier alpha value is -4.84. The van der Waals surface area contributed by atoms with Crippen LogP contribution in [0, 0.1) is 0 Å². The first-order chi connectivity index (χ1) is 16.8. The molecule has 0 saturated carbocycles. The molecule has 34 heavy (non-hydrogen) atoms. The summed E-state index contributed by atoms with van der Waals surface area (Å²) in [7, 11) is 0. The van der Waals surface area contributed by atoms with E-state index in [2.05, 4.69) is 97.6 Å². The van der Waals surface area contributed by atoms with Gasteiger partial charge in [-0.15, -0.1) is 5.10 Å². The van der Waals surface area contributed by atoms with Crippen molar-refractivity contribution in [2.75, 3.05) is 0 Å². The van der Waals surface area contributed by atoms with Gasteiger partial charge in [-0.25, -0.2) is 9.67 Å². The maximum Gasteiger partial charge on any atom is 0.174 e. The van der Waals surface area contributed by atoms with Gasteiger partial charge in [0.05, 0.1) is 34.5 Å². The second-order valence-electron chi connectivity index (χ2n) is 8.18. The molecule has 0 aliphatic rings. The number of rotatable bonds is 3. The topological polar surface area (TPSA) is 61.4 Å². The minimum Gasteiger partial charge on any atom is -0.309 e. The smallest absolute Gasteiger partial charge is 0.174 e. The van der Waals surface area contributed by atoms with Crippen molar-refractivity contribution in [3.8, 4) is 22.8 Å². The third-order valence-electron chi connectivity index (χ3n) is 6.17. The molecule has 3 aromatic heterocycles. The SMILES string of the molecule is c1ccc2nc(-n3cc(-c4ccc(-n5c6ccccc6c6ccccc65)cc4)nn3)cnc2c1. The number of aromatic nitrogens is 6. The second kappa shape index (κ2) is 7.35. The van der Waals surface area contributed by atoms with Crippen LogP contribution in [0.4, 0.5) is 0 Å². The standard InChI is InChI=1S/C28H18N6/c1-5-11-26-21(7-1)22-8-2-6-12-27(22)34(26)20-15-13-19(14-16-20)25-18-33(32-31-25)28-17-29-23-9-3-4-10-24(23)30-28/h1-18H. The largest absolute Gasteiger partial charge is 0.309 e. The summed E-state index contributed by atoms with van der Waals surface area (Å²) in [6, 6.07) is 33.2. The van der Waals surface area contributed by atoms with Crippen molar-refractivity contribution >= 4 is 32.8 Å². The van der Waals surface area contributed by atoms with Gasteiger partial charge in [-0.1, -0.05) is 65.9 Å². The fourth-order valence-corrected chi connectivity index (χ4v) is 4.55. The van der Waals surface area contributed by atoms with Gasteiger partial charge in [-0.05, 0) is 36.4 Å². The summed E-state index contributed by atoms with van der Waals surface area (Å²) in [5.74, 6) is 0.638. The third-order valence-corrected chi connectivity index (χ3v) is 6.17. The Labute approximate surface area is 194 Å². The van der Waals surface area contributed by atoms with Gasteiger partial charge in [0.15, 0.2) is 5.82 Å². The second-order valence-corrected chi connectivity index (χ2v) is 8.18. The number of fused-ring (bicyclic) bond motifs is 4. The van der Waals surface area contributed by atoms with E-state index in [1.165, 1.54) is 21.8 Å². The Bertz CT molecular complexity index is 1760. The van der Waals surface area contributed by atoms with Gasteiger partial charge < -0.3 is 4.57 Å². The molecule has 0 saturated heterocycles. The molecule has 0 radical (unpaired) electrons. The first-order valence-corrected chi connectivity index (χ1v) is 11.1. The van der Waals surface area contributed by atoms with E-state index in [1.54, 1.807) is 10.9 Å². The van der Waals surface area contributed by atoms with E-state index >= 15 is 0 Å². The highest BCUT2D eigenvalue weighted by atomic mass is 15.4. The number of para-hydroxylation sites is 4. The van der Waals surface area contributed by atoms with Gasteiger partial charge in [0, 0.05) is 22.0 Å². The lowest BCUT2D eigenvalue weighted by molar-refractivity contribution is 0.781. The van der Waals surface area contributed by atoms with Crippen molar-refractivity contribution in [1.82, 2.24) is 29.5 Å². The van der Waals surface area contributed by atoms with Crippen LogP contribution in [0.25, 0.3) is 55.6 Å². The zero-order valence-corrected chi connectivity index (χ0v) is 18.1. The molecule has 7 rings (SSSR count). The van der Waals surface area contributed by atoms with E-state index in [1.807, 2.05) is 30.5 Å². The van der Waals surface area contributed by atoms with Gasteiger partial charge in [0.2, 0.25) is 0 Å². The summed E-state index contributed by atoms with van der Waals surface area (Å²) in [4.78, 5) is 9.13. The Kier molecular flexibility index (Phi) is 4.04. The molecule has 0 N–H and O–H groups in total. The predicted molar refractivity (Wildman–Crippen MR) is 134 cm³/mol. The van der Waals surface area contributed by atoms with Crippen LogP contribution < -0.4 is 0 Å². The molecule has 0 fully saturated rings. The van der Waals surface area contributed by atoms with Crippen LogP contribution in [0.3, 0.4) is 0 Å². The molecule has 3 heterocycles. The van der Waals surface area contributed by atoms with Gasteiger partial charge in [-0.2, -0.15) is 0 Å². The van der Waals surface area contributed by atoms with Crippen molar-refractivity contribution in [2.45, 2.75) is 0 Å². The summed E-state index contributed by atoms with van der Waals surface area (Å²) in [5, 5.41) is 11.2. The first kappa shape index (κ1) is 18.7. The van der Waals surface area contributed by atoms with Gasteiger partial charge in [0.1, 0.15) is 5.69 Å². The van der Waals surface area contributed by atoms with Crippen molar-refractivity contribution in [3.63, 3.8) is 0 Å². The Morgan fingerprint density at radius 1 is 0.618 bits per heavy atom. The highest BCUT2D eigenvalue weighted by Gasteiger charge is 2.12. The van der Waals surface area contributed by atoms with Gasteiger partial charge in [0.25, 0.3) is 0 Å². The lowest BCUT2D eigenvalue weighted by atomic mass is 10.1. The summed E-state index contributed by atoms with van der Waals surface area (Å²) >= 11 is 0. The van der Waals surface area contributed by atoms with E-state index < -0.39 is 0 Å². The van der Waals surface area contributed by atoms with Crippen LogP contribution in [0.15, 0.2) is 109 Å². The third kappa shape index (κ3) is 2.89. The van der Waals surface area contributed by atoms with E-state index in [9.17, 15) is 0 Å². The Morgan fingerprint density at radius 3 is 2.00 bits per heavy atom. The maximum atomic E-state index is 4.65. The van der Waals surface area contributed by atoms with Crippen molar-refractivity contribution in [2.24, 2.45) is 0 Å². The molecule has 7 aromatic rings. The molecule has 6 heteroatoms. The van der Waals surface area contributed by atoms with E-state index in [0.717, 1.165) is 28.0 Å². The summed E-state index contributed by atoms with van der Waals surface area (Å²) < 4.78 is 3.96. The normalized spacial score (nSPS) is 11.5. The molecule has 0 amide bonds. The monoisotopic (exact) mass is 438 g/mol. The predicted octanol–water partition coefficient (Wildman–Crippen LogP) is 5.97. The Balaban J connectivity index is 1.27. The molecule has 0 aliphatic carbocycles. The molecule has 6 nitrogen and oxygen atoms in total. The average molecular weight is 438 g/mol. The van der Waals surface area contributed by atoms with Crippen molar-refractivity contribution in [3.05, 3.63) is 109 Å². The molecule has 0 bridgehead atoms. The summed E-state index contributed by atoms with van der Waals surface area (Å²) in [6.07, 6.45) is 3.60. The van der Waals surface area contributed by atoms with Crippen LogP contribution in [0.1, 0.15) is 0 Å². The molecule has 0 aliphatic heterocycles. The molecular formula is C28H18N6. The minimum atomic E-state index is 0.638. The minimum absolute atomic E-state index is 0.638. The summed E-state index contributed by atoms with van der Waals surface area (Å²) in [6.45, 7) is 0. The number of nitrogens with zero attached hydrogens (tertiary/aromatic N) is 6. The van der Waals surface area contributed by atoms with Crippen LogP contribution in [0.2, 0.25) is 0 Å². The van der Waals surface area contributed by atoms with Crippen LogP contribution >= 0.6 is 0 Å². The van der Waals surface area contributed by atoms with Crippen LogP contribution in [-0.2, 0) is 0 Å². The lowest BCUT2D eigenvalue weighted by Crippen LogP contribution is -1.99. The van der Waals surface area contributed by atoms with Crippen LogP contribution in [0.5, 0.6) is 0 Å². The molecule has 160 valence electrons. The lowest BCUT2D eigenvalue weighted by Gasteiger charge is -2.08. The number of hydrogen-bond donors (Lipinski definition) is 0. The highest BCUT2D eigenvalue weighted by molar-refractivity contribution is 6.09. The van der Waals surface area contributed by atoms with Crippen LogP contribution in [-0.4, -0.2) is 29.5 Å². The fraction of sp³-hybridized carbons (Fsp3) is 0. The summed E-state index contributed by atoms with van der Waals surface area (Å²) in [5.41, 5.74) is 6.94. The van der Waals surface area contributed by atoms with E-state index in [-0.39, 0.29) is 0 Å². The molecule has 0 unspecified atom stereocenters. The van der Waals surface area contributed by atoms with E-state index in [0.29, 0.717) is 5.82 Å². The van der Waals surface area contributed by atoms with E-state index in [4.69, 9.17) is 0 Å². The fourth-order valence-electron chi connectivity index (χ4n) is 4.55. The van der Waals surface area contributed by atoms with Gasteiger partial charge in [-0.3, -0.25) is 4.98 Å². The average Bonchev–Trinajstić information content (AvgIpc) is 3.52. The number of hydrogen-bond acceptors (Lipinski definition) is 4. The highest BCUT2D eigenvalue weighted by Crippen LogP contribution is 2.32. The molecule has 0 spiro atoms. The zero-order valence-electron chi connectivity index (χ0n) is 18.1. The quantitative estimate of drug-likeness (QED) is 0.341. The first-order valence-electron chi connectivity index (χ1n) is 11.1. The molecular weight excluding hydrogens is 420 g/mol. The zero-order chi connectivity index (χ0) is 22.5. The molecule has 4 aromatic carbocycles. The van der Waals surface area contributed by atoms with Crippen molar-refractivity contribution < 1.29 is 0 Å². The maximum absolute atomic E-state index is 4.65.